The topological polar surface area (TPSA) is 41.6 Å². The zero-order valence-corrected chi connectivity index (χ0v) is 14.0. The molecule has 1 heterocycles. The summed E-state index contributed by atoms with van der Waals surface area (Å²) in [5, 5.41) is 3.57. The second-order valence-corrected chi connectivity index (χ2v) is 6.96. The van der Waals surface area contributed by atoms with E-state index in [9.17, 15) is 4.79 Å². The number of piperidine rings is 1. The predicted molar refractivity (Wildman–Crippen MR) is 89.0 cm³/mol. The van der Waals surface area contributed by atoms with Crippen LogP contribution in [0.2, 0.25) is 0 Å². The van der Waals surface area contributed by atoms with Crippen molar-refractivity contribution in [3.8, 4) is 0 Å². The Morgan fingerprint density at radius 3 is 2.73 bits per heavy atom. The van der Waals surface area contributed by atoms with Crippen LogP contribution in [-0.2, 0) is 11.2 Å². The molecule has 1 unspecified atom stereocenters. The summed E-state index contributed by atoms with van der Waals surface area (Å²) in [6.07, 6.45) is 2.97. The van der Waals surface area contributed by atoms with Gasteiger partial charge >= 0.3 is 6.09 Å². The van der Waals surface area contributed by atoms with Crippen molar-refractivity contribution in [3.05, 3.63) is 35.9 Å². The second kappa shape index (κ2) is 7.63. The molecule has 1 saturated heterocycles. The van der Waals surface area contributed by atoms with Gasteiger partial charge in [-0.1, -0.05) is 30.3 Å². The fourth-order valence-electron chi connectivity index (χ4n) is 2.70. The summed E-state index contributed by atoms with van der Waals surface area (Å²) in [5.74, 6) is 0. The number of amides is 1. The molecule has 0 aliphatic carbocycles. The van der Waals surface area contributed by atoms with Gasteiger partial charge in [-0.2, -0.15) is 0 Å². The van der Waals surface area contributed by atoms with Gasteiger partial charge in [0.1, 0.15) is 5.60 Å². The molecule has 22 heavy (non-hydrogen) atoms. The molecular weight excluding hydrogens is 276 g/mol. The van der Waals surface area contributed by atoms with Crippen LogP contribution in [0.5, 0.6) is 0 Å². The summed E-state index contributed by atoms with van der Waals surface area (Å²) in [7, 11) is 0. The lowest BCUT2D eigenvalue weighted by atomic mass is 10.1. The van der Waals surface area contributed by atoms with E-state index in [0.717, 1.165) is 38.9 Å². The van der Waals surface area contributed by atoms with Crippen LogP contribution in [0.3, 0.4) is 0 Å². The van der Waals surface area contributed by atoms with E-state index in [1.165, 1.54) is 5.56 Å². The predicted octanol–water partition coefficient (Wildman–Crippen LogP) is 3.22. The molecule has 1 aliphatic rings. The molecule has 1 aromatic carbocycles. The van der Waals surface area contributed by atoms with Crippen LogP contribution >= 0.6 is 0 Å². The maximum absolute atomic E-state index is 12.1. The molecule has 4 heteroatoms. The molecule has 1 fully saturated rings. The number of rotatable bonds is 4. The lowest BCUT2D eigenvalue weighted by Gasteiger charge is -2.34. The minimum atomic E-state index is -0.426. The highest BCUT2D eigenvalue weighted by atomic mass is 16.6. The smallest absolute Gasteiger partial charge is 0.410 e. The number of nitrogens with one attached hydrogen (secondary N) is 1. The Morgan fingerprint density at radius 2 is 2.05 bits per heavy atom. The molecule has 0 aromatic heterocycles. The van der Waals surface area contributed by atoms with Crippen molar-refractivity contribution in [1.29, 1.82) is 0 Å². The first-order valence-corrected chi connectivity index (χ1v) is 8.19. The van der Waals surface area contributed by atoms with Gasteiger partial charge in [-0.3, -0.25) is 0 Å². The van der Waals surface area contributed by atoms with E-state index in [0.29, 0.717) is 6.04 Å². The van der Waals surface area contributed by atoms with E-state index in [1.807, 2.05) is 31.7 Å². The van der Waals surface area contributed by atoms with Gasteiger partial charge in [0.15, 0.2) is 0 Å². The third-order valence-electron chi connectivity index (χ3n) is 3.76. The Morgan fingerprint density at radius 1 is 1.32 bits per heavy atom. The summed E-state index contributed by atoms with van der Waals surface area (Å²) >= 11 is 0. The van der Waals surface area contributed by atoms with Crippen molar-refractivity contribution in [2.75, 3.05) is 19.6 Å². The quantitative estimate of drug-likeness (QED) is 0.928. The Balaban J connectivity index is 1.75. The summed E-state index contributed by atoms with van der Waals surface area (Å²) in [6.45, 7) is 8.20. The van der Waals surface area contributed by atoms with Gasteiger partial charge < -0.3 is 15.0 Å². The van der Waals surface area contributed by atoms with Crippen molar-refractivity contribution < 1.29 is 9.53 Å². The lowest BCUT2D eigenvalue weighted by molar-refractivity contribution is 0.0188. The summed E-state index contributed by atoms with van der Waals surface area (Å²) < 4.78 is 5.46. The number of carbonyl (C=O) groups is 1. The molecule has 0 spiro atoms. The van der Waals surface area contributed by atoms with E-state index in [1.54, 1.807) is 0 Å². The zero-order chi connectivity index (χ0) is 16.0. The van der Waals surface area contributed by atoms with Crippen LogP contribution in [0.15, 0.2) is 30.3 Å². The van der Waals surface area contributed by atoms with Gasteiger partial charge in [-0.05, 0) is 52.1 Å². The average molecular weight is 304 g/mol. The molecule has 0 radical (unpaired) electrons. The third kappa shape index (κ3) is 5.68. The van der Waals surface area contributed by atoms with Gasteiger partial charge in [0.25, 0.3) is 0 Å². The van der Waals surface area contributed by atoms with Crippen LogP contribution in [0.1, 0.15) is 39.2 Å². The molecular formula is C18H28N2O2. The summed E-state index contributed by atoms with van der Waals surface area (Å²) in [4.78, 5) is 14.0. The zero-order valence-electron chi connectivity index (χ0n) is 14.0. The van der Waals surface area contributed by atoms with Gasteiger partial charge in [-0.25, -0.2) is 4.79 Å². The Kier molecular flexibility index (Phi) is 5.83. The molecule has 1 aromatic rings. The number of hydrogen-bond donors (Lipinski definition) is 1. The van der Waals surface area contributed by atoms with E-state index in [2.05, 4.69) is 29.6 Å². The van der Waals surface area contributed by atoms with Crippen molar-refractivity contribution in [2.24, 2.45) is 0 Å². The van der Waals surface area contributed by atoms with E-state index in [-0.39, 0.29) is 6.09 Å². The highest BCUT2D eigenvalue weighted by Crippen LogP contribution is 2.15. The minimum absolute atomic E-state index is 0.193. The maximum atomic E-state index is 12.1. The van der Waals surface area contributed by atoms with E-state index in [4.69, 9.17) is 4.74 Å². The van der Waals surface area contributed by atoms with Gasteiger partial charge in [-0.15, -0.1) is 0 Å². The number of hydrogen-bond acceptors (Lipinski definition) is 3. The SMILES string of the molecule is CC(C)(C)OC(=O)N1CCCC(NCCc2ccccc2)C1. The first kappa shape index (κ1) is 16.8. The van der Waals surface area contributed by atoms with E-state index < -0.39 is 5.60 Å². The fourth-order valence-corrected chi connectivity index (χ4v) is 2.70. The molecule has 1 aliphatic heterocycles. The molecule has 0 saturated carbocycles. The maximum Gasteiger partial charge on any atom is 0.410 e. The largest absolute Gasteiger partial charge is 0.444 e. The van der Waals surface area contributed by atoms with Crippen molar-refractivity contribution in [3.63, 3.8) is 0 Å². The number of nitrogens with zero attached hydrogens (tertiary/aromatic N) is 1. The molecule has 0 bridgehead atoms. The summed E-state index contributed by atoms with van der Waals surface area (Å²) in [5.41, 5.74) is 0.917. The molecule has 2 rings (SSSR count). The Labute approximate surface area is 133 Å². The Bertz CT molecular complexity index is 468. The highest BCUT2D eigenvalue weighted by Gasteiger charge is 2.27. The number of carbonyl (C=O) groups excluding carboxylic acids is 1. The second-order valence-electron chi connectivity index (χ2n) is 6.96. The molecule has 4 nitrogen and oxygen atoms in total. The monoisotopic (exact) mass is 304 g/mol. The van der Waals surface area contributed by atoms with Crippen LogP contribution in [0.25, 0.3) is 0 Å². The molecule has 1 N–H and O–H groups in total. The van der Waals surface area contributed by atoms with Gasteiger partial charge in [0, 0.05) is 19.1 Å². The standard InChI is InChI=1S/C18H28N2O2/c1-18(2,3)22-17(21)20-13-7-10-16(14-20)19-12-11-15-8-5-4-6-9-15/h4-6,8-9,16,19H,7,10-14H2,1-3H3. The average Bonchev–Trinajstić information content (AvgIpc) is 2.47. The first-order chi connectivity index (χ1) is 10.4. The highest BCUT2D eigenvalue weighted by molar-refractivity contribution is 5.68. The van der Waals surface area contributed by atoms with Crippen molar-refractivity contribution >= 4 is 6.09 Å². The molecule has 122 valence electrons. The molecule has 1 atom stereocenters. The number of benzene rings is 1. The van der Waals surface area contributed by atoms with Crippen LogP contribution in [0.4, 0.5) is 4.79 Å². The van der Waals surface area contributed by atoms with Gasteiger partial charge in [0.2, 0.25) is 0 Å². The number of ether oxygens (including phenoxy) is 1. The fraction of sp³-hybridized carbons (Fsp3) is 0.611. The Hall–Kier alpha value is -1.55. The lowest BCUT2D eigenvalue weighted by Crippen LogP contribution is -2.49. The first-order valence-electron chi connectivity index (χ1n) is 8.19. The number of likely N-dealkylation sites (tertiary alicyclic amines) is 1. The van der Waals surface area contributed by atoms with Gasteiger partial charge in [0.05, 0.1) is 0 Å². The molecule has 1 amide bonds. The normalized spacial score (nSPS) is 19.0. The van der Waals surface area contributed by atoms with Crippen molar-refractivity contribution in [2.45, 2.75) is 51.7 Å². The van der Waals surface area contributed by atoms with Crippen LogP contribution in [-0.4, -0.2) is 42.3 Å². The van der Waals surface area contributed by atoms with E-state index >= 15 is 0 Å². The third-order valence-corrected chi connectivity index (χ3v) is 3.76. The van der Waals surface area contributed by atoms with Crippen molar-refractivity contribution in [1.82, 2.24) is 10.2 Å². The van der Waals surface area contributed by atoms with Crippen LogP contribution in [0, 0.1) is 0 Å². The van der Waals surface area contributed by atoms with Crippen LogP contribution < -0.4 is 5.32 Å². The minimum Gasteiger partial charge on any atom is -0.444 e. The summed E-state index contributed by atoms with van der Waals surface area (Å²) in [6, 6.07) is 10.8.